The molecule has 0 fully saturated rings. The van der Waals surface area contributed by atoms with E-state index in [2.05, 4.69) is 5.32 Å². The first-order chi connectivity index (χ1) is 15.7. The molecule has 33 heavy (non-hydrogen) atoms. The summed E-state index contributed by atoms with van der Waals surface area (Å²) in [6, 6.07) is 19.9. The smallest absolute Gasteiger partial charge is 0.232 e. The number of hydrogen-bond donors (Lipinski definition) is 1. The van der Waals surface area contributed by atoms with Crippen LogP contribution in [0.25, 0.3) is 0 Å². The Morgan fingerprint density at radius 3 is 2.27 bits per heavy atom. The average Bonchev–Trinajstić information content (AvgIpc) is 2.77. The van der Waals surface area contributed by atoms with E-state index in [0.717, 1.165) is 39.4 Å². The van der Waals surface area contributed by atoms with Gasteiger partial charge < -0.3 is 5.32 Å². The van der Waals surface area contributed by atoms with Crippen molar-refractivity contribution in [1.82, 2.24) is 5.32 Å². The van der Waals surface area contributed by atoms with Gasteiger partial charge in [0.2, 0.25) is 15.9 Å². The molecule has 3 rings (SSSR count). The van der Waals surface area contributed by atoms with Crippen molar-refractivity contribution in [3.8, 4) is 0 Å². The van der Waals surface area contributed by atoms with Gasteiger partial charge in [-0.2, -0.15) is 0 Å². The summed E-state index contributed by atoms with van der Waals surface area (Å²) in [6.07, 6.45) is 1.25. The number of halogens is 2. The molecule has 0 aromatic heterocycles. The molecule has 0 aliphatic heterocycles. The molecule has 5 nitrogen and oxygen atoms in total. The number of amides is 1. The standard InChI is InChI=1S/C25H26F2N2O3S/c1-18-9-6-7-12-21(18)25(19-10-4-3-5-11-19)28-24(30)13-8-16-29(33(2,31)32)20-14-15-22(26)23(27)17-20/h3-7,9-12,14-15,17,25H,8,13,16H2,1-2H3,(H,28,30)/t25-/m1/s1. The second kappa shape index (κ2) is 10.6. The molecule has 0 bridgehead atoms. The molecular formula is C25H26F2N2O3S. The molecule has 3 aromatic carbocycles. The molecule has 0 unspecified atom stereocenters. The van der Waals surface area contributed by atoms with E-state index in [9.17, 15) is 22.0 Å². The summed E-state index contributed by atoms with van der Waals surface area (Å²) in [4.78, 5) is 12.8. The number of benzene rings is 3. The van der Waals surface area contributed by atoms with Crippen LogP contribution in [0.1, 0.15) is 35.6 Å². The normalized spacial score (nSPS) is 12.2. The number of rotatable bonds is 9. The minimum atomic E-state index is -3.75. The Morgan fingerprint density at radius 2 is 1.64 bits per heavy atom. The van der Waals surface area contributed by atoms with Gasteiger partial charge in [0.25, 0.3) is 0 Å². The van der Waals surface area contributed by atoms with Crippen LogP contribution in [0.3, 0.4) is 0 Å². The van der Waals surface area contributed by atoms with E-state index in [1.54, 1.807) is 0 Å². The van der Waals surface area contributed by atoms with E-state index in [1.165, 1.54) is 6.07 Å². The van der Waals surface area contributed by atoms with Gasteiger partial charge in [0, 0.05) is 19.0 Å². The SMILES string of the molecule is Cc1ccccc1[C@H](NC(=O)CCCN(c1ccc(F)c(F)c1)S(C)(=O)=O)c1ccccc1. The Kier molecular flexibility index (Phi) is 7.81. The monoisotopic (exact) mass is 472 g/mol. The first-order valence-corrected chi connectivity index (χ1v) is 12.3. The van der Waals surface area contributed by atoms with E-state index in [0.29, 0.717) is 0 Å². The highest BCUT2D eigenvalue weighted by atomic mass is 32.2. The number of carbonyl (C=O) groups excluding carboxylic acids is 1. The maximum atomic E-state index is 13.6. The van der Waals surface area contributed by atoms with Crippen LogP contribution in [0, 0.1) is 18.6 Å². The zero-order chi connectivity index (χ0) is 24.0. The first-order valence-electron chi connectivity index (χ1n) is 10.5. The number of aryl methyl sites for hydroxylation is 1. The predicted molar refractivity (Wildman–Crippen MR) is 125 cm³/mol. The summed E-state index contributed by atoms with van der Waals surface area (Å²) in [7, 11) is -3.75. The number of hydrogen-bond acceptors (Lipinski definition) is 3. The summed E-state index contributed by atoms with van der Waals surface area (Å²) < 4.78 is 52.2. The fraction of sp³-hybridized carbons (Fsp3) is 0.240. The van der Waals surface area contributed by atoms with Crippen molar-refractivity contribution in [3.63, 3.8) is 0 Å². The fourth-order valence-corrected chi connectivity index (χ4v) is 4.60. The van der Waals surface area contributed by atoms with Crippen molar-refractivity contribution >= 4 is 21.6 Å². The average molecular weight is 473 g/mol. The lowest BCUT2D eigenvalue weighted by Crippen LogP contribution is -2.33. The number of sulfonamides is 1. The summed E-state index contributed by atoms with van der Waals surface area (Å²) in [6.45, 7) is 1.93. The van der Waals surface area contributed by atoms with Crippen molar-refractivity contribution < 1.29 is 22.0 Å². The Hall–Kier alpha value is -3.26. The van der Waals surface area contributed by atoms with Crippen LogP contribution in [0.15, 0.2) is 72.8 Å². The first kappa shape index (κ1) is 24.4. The third kappa shape index (κ3) is 6.38. The molecule has 1 atom stereocenters. The van der Waals surface area contributed by atoms with E-state index in [-0.39, 0.29) is 37.0 Å². The third-order valence-electron chi connectivity index (χ3n) is 5.29. The number of nitrogens with zero attached hydrogens (tertiary/aromatic N) is 1. The molecule has 0 radical (unpaired) electrons. The van der Waals surface area contributed by atoms with Crippen molar-refractivity contribution in [2.24, 2.45) is 0 Å². The summed E-state index contributed by atoms with van der Waals surface area (Å²) >= 11 is 0. The molecule has 3 aromatic rings. The molecule has 0 saturated heterocycles. The quantitative estimate of drug-likeness (QED) is 0.490. The molecule has 0 spiro atoms. The summed E-state index contributed by atoms with van der Waals surface area (Å²) in [5, 5.41) is 3.04. The van der Waals surface area contributed by atoms with Crippen LogP contribution in [-0.2, 0) is 14.8 Å². The molecule has 0 aliphatic carbocycles. The van der Waals surface area contributed by atoms with Gasteiger partial charge in [-0.15, -0.1) is 0 Å². The van der Waals surface area contributed by atoms with Gasteiger partial charge in [-0.05, 0) is 42.2 Å². The van der Waals surface area contributed by atoms with Crippen molar-refractivity contribution in [3.05, 3.63) is 101 Å². The van der Waals surface area contributed by atoms with E-state index < -0.39 is 21.7 Å². The van der Waals surface area contributed by atoms with Crippen LogP contribution in [-0.4, -0.2) is 27.1 Å². The summed E-state index contributed by atoms with van der Waals surface area (Å²) in [5.41, 5.74) is 2.95. The van der Waals surface area contributed by atoms with Gasteiger partial charge in [0.05, 0.1) is 18.0 Å². The molecule has 0 heterocycles. The Balaban J connectivity index is 1.71. The number of nitrogens with one attached hydrogen (secondary N) is 1. The third-order valence-corrected chi connectivity index (χ3v) is 6.49. The highest BCUT2D eigenvalue weighted by molar-refractivity contribution is 7.92. The van der Waals surface area contributed by atoms with E-state index in [4.69, 9.17) is 0 Å². The van der Waals surface area contributed by atoms with Crippen LogP contribution in [0.5, 0.6) is 0 Å². The molecule has 8 heteroatoms. The van der Waals surface area contributed by atoms with E-state index in [1.807, 2.05) is 61.5 Å². The van der Waals surface area contributed by atoms with Gasteiger partial charge in [-0.25, -0.2) is 17.2 Å². The minimum absolute atomic E-state index is 0.0129. The molecular weight excluding hydrogens is 446 g/mol. The molecule has 0 aliphatic rings. The highest BCUT2D eigenvalue weighted by Gasteiger charge is 2.21. The maximum Gasteiger partial charge on any atom is 0.232 e. The van der Waals surface area contributed by atoms with Crippen LogP contribution in [0.4, 0.5) is 14.5 Å². The zero-order valence-corrected chi connectivity index (χ0v) is 19.3. The number of anilines is 1. The van der Waals surface area contributed by atoms with Crippen LogP contribution < -0.4 is 9.62 Å². The Morgan fingerprint density at radius 1 is 0.970 bits per heavy atom. The second-order valence-electron chi connectivity index (χ2n) is 7.80. The maximum absolute atomic E-state index is 13.6. The lowest BCUT2D eigenvalue weighted by Gasteiger charge is -2.24. The van der Waals surface area contributed by atoms with Gasteiger partial charge in [-0.3, -0.25) is 9.10 Å². The Labute approximate surface area is 193 Å². The molecule has 1 amide bonds. The number of carbonyl (C=O) groups is 1. The second-order valence-corrected chi connectivity index (χ2v) is 9.71. The Bertz CT molecular complexity index is 1220. The lowest BCUT2D eigenvalue weighted by molar-refractivity contribution is -0.121. The van der Waals surface area contributed by atoms with Crippen LogP contribution in [0.2, 0.25) is 0 Å². The highest BCUT2D eigenvalue weighted by Crippen LogP contribution is 2.25. The largest absolute Gasteiger partial charge is 0.345 e. The van der Waals surface area contributed by atoms with E-state index >= 15 is 0 Å². The zero-order valence-electron chi connectivity index (χ0n) is 18.5. The minimum Gasteiger partial charge on any atom is -0.345 e. The van der Waals surface area contributed by atoms with Crippen molar-refractivity contribution in [1.29, 1.82) is 0 Å². The molecule has 174 valence electrons. The van der Waals surface area contributed by atoms with Crippen LogP contribution >= 0.6 is 0 Å². The van der Waals surface area contributed by atoms with Crippen molar-refractivity contribution in [2.45, 2.75) is 25.8 Å². The van der Waals surface area contributed by atoms with Crippen molar-refractivity contribution in [2.75, 3.05) is 17.1 Å². The van der Waals surface area contributed by atoms with Gasteiger partial charge in [0.15, 0.2) is 11.6 Å². The van der Waals surface area contributed by atoms with Gasteiger partial charge in [-0.1, -0.05) is 54.6 Å². The van der Waals surface area contributed by atoms with Gasteiger partial charge >= 0.3 is 0 Å². The predicted octanol–water partition coefficient (Wildman–Crippen LogP) is 4.73. The molecule has 0 saturated carbocycles. The topological polar surface area (TPSA) is 66.5 Å². The fourth-order valence-electron chi connectivity index (χ4n) is 3.64. The summed E-state index contributed by atoms with van der Waals surface area (Å²) in [5.74, 6) is -2.44. The van der Waals surface area contributed by atoms with Gasteiger partial charge in [0.1, 0.15) is 0 Å². The molecule has 1 N–H and O–H groups in total. The lowest BCUT2D eigenvalue weighted by atomic mass is 9.95.